The van der Waals surface area contributed by atoms with E-state index in [9.17, 15) is 0 Å². The van der Waals surface area contributed by atoms with Gasteiger partial charge in [-0.25, -0.2) is 0 Å². The number of hydrogen-bond donors (Lipinski definition) is 1. The summed E-state index contributed by atoms with van der Waals surface area (Å²) in [5.74, 6) is 0.940. The SMILES string of the molecule is CC(NCC1CCC1)c1cncs1. The van der Waals surface area contributed by atoms with Crippen LogP contribution in [-0.2, 0) is 0 Å². The van der Waals surface area contributed by atoms with E-state index in [1.54, 1.807) is 11.3 Å². The van der Waals surface area contributed by atoms with Crippen molar-refractivity contribution in [2.24, 2.45) is 5.92 Å². The summed E-state index contributed by atoms with van der Waals surface area (Å²) in [6, 6.07) is 0.480. The molecule has 0 amide bonds. The van der Waals surface area contributed by atoms with Crippen molar-refractivity contribution in [1.82, 2.24) is 10.3 Å². The molecule has 1 saturated carbocycles. The average Bonchev–Trinajstić information content (AvgIpc) is 2.52. The minimum absolute atomic E-state index is 0.480. The molecular formula is C10H16N2S. The lowest BCUT2D eigenvalue weighted by atomic mass is 9.85. The Morgan fingerprint density at radius 3 is 3.08 bits per heavy atom. The molecule has 0 saturated heterocycles. The van der Waals surface area contributed by atoms with Gasteiger partial charge in [0, 0.05) is 17.1 Å². The summed E-state index contributed by atoms with van der Waals surface area (Å²) in [5.41, 5.74) is 1.90. The van der Waals surface area contributed by atoms with Crippen LogP contribution in [-0.4, -0.2) is 11.5 Å². The Morgan fingerprint density at radius 2 is 2.54 bits per heavy atom. The highest BCUT2D eigenvalue weighted by Gasteiger charge is 2.18. The van der Waals surface area contributed by atoms with Crippen molar-refractivity contribution in [1.29, 1.82) is 0 Å². The molecule has 13 heavy (non-hydrogen) atoms. The Morgan fingerprint density at radius 1 is 1.69 bits per heavy atom. The van der Waals surface area contributed by atoms with Crippen molar-refractivity contribution in [3.8, 4) is 0 Å². The Labute approximate surface area is 83.4 Å². The zero-order valence-electron chi connectivity index (χ0n) is 7.99. The number of hydrogen-bond acceptors (Lipinski definition) is 3. The summed E-state index contributed by atoms with van der Waals surface area (Å²) in [6.07, 6.45) is 6.23. The fourth-order valence-electron chi connectivity index (χ4n) is 1.58. The van der Waals surface area contributed by atoms with Crippen LogP contribution in [0.25, 0.3) is 0 Å². The molecule has 3 heteroatoms. The zero-order chi connectivity index (χ0) is 9.10. The van der Waals surface area contributed by atoms with Crippen LogP contribution >= 0.6 is 11.3 Å². The van der Waals surface area contributed by atoms with Gasteiger partial charge in [-0.1, -0.05) is 6.42 Å². The molecular weight excluding hydrogens is 180 g/mol. The van der Waals surface area contributed by atoms with E-state index >= 15 is 0 Å². The Hall–Kier alpha value is -0.410. The summed E-state index contributed by atoms with van der Waals surface area (Å²) in [7, 11) is 0. The van der Waals surface area contributed by atoms with Crippen LogP contribution in [0.4, 0.5) is 0 Å². The monoisotopic (exact) mass is 196 g/mol. The smallest absolute Gasteiger partial charge is 0.0794 e. The summed E-state index contributed by atoms with van der Waals surface area (Å²) >= 11 is 1.73. The molecule has 0 radical (unpaired) electrons. The quantitative estimate of drug-likeness (QED) is 0.800. The minimum atomic E-state index is 0.480. The number of aromatic nitrogens is 1. The van der Waals surface area contributed by atoms with Crippen molar-refractivity contribution >= 4 is 11.3 Å². The van der Waals surface area contributed by atoms with Gasteiger partial charge in [0.15, 0.2) is 0 Å². The van der Waals surface area contributed by atoms with Crippen molar-refractivity contribution in [2.45, 2.75) is 32.2 Å². The van der Waals surface area contributed by atoms with Crippen LogP contribution < -0.4 is 5.32 Å². The fourth-order valence-corrected chi connectivity index (χ4v) is 2.23. The van der Waals surface area contributed by atoms with E-state index < -0.39 is 0 Å². The lowest BCUT2D eigenvalue weighted by molar-refractivity contribution is 0.293. The van der Waals surface area contributed by atoms with E-state index in [0.717, 1.165) is 5.92 Å². The Balaban J connectivity index is 1.74. The molecule has 1 aliphatic carbocycles. The van der Waals surface area contributed by atoms with Gasteiger partial charge in [-0.2, -0.15) is 0 Å². The van der Waals surface area contributed by atoms with Crippen molar-refractivity contribution in [3.63, 3.8) is 0 Å². The van der Waals surface area contributed by atoms with E-state index in [0.29, 0.717) is 6.04 Å². The first-order valence-electron chi connectivity index (χ1n) is 4.98. The first-order valence-corrected chi connectivity index (χ1v) is 5.86. The zero-order valence-corrected chi connectivity index (χ0v) is 8.81. The average molecular weight is 196 g/mol. The van der Waals surface area contributed by atoms with E-state index in [2.05, 4.69) is 17.2 Å². The second-order valence-corrected chi connectivity index (χ2v) is 4.75. The maximum absolute atomic E-state index is 4.08. The topological polar surface area (TPSA) is 24.9 Å². The number of nitrogens with one attached hydrogen (secondary N) is 1. The summed E-state index contributed by atoms with van der Waals surface area (Å²) in [5, 5.41) is 3.56. The van der Waals surface area contributed by atoms with E-state index in [1.807, 2.05) is 11.7 Å². The number of rotatable bonds is 4. The van der Waals surface area contributed by atoms with Crippen LogP contribution in [0.3, 0.4) is 0 Å². The first-order chi connectivity index (χ1) is 6.36. The van der Waals surface area contributed by atoms with Crippen LogP contribution in [0.1, 0.15) is 37.1 Å². The second kappa shape index (κ2) is 4.20. The molecule has 1 aromatic rings. The minimum Gasteiger partial charge on any atom is -0.309 e. The summed E-state index contributed by atoms with van der Waals surface area (Å²) in [4.78, 5) is 5.43. The second-order valence-electron chi connectivity index (χ2n) is 3.83. The third-order valence-corrected chi connectivity index (χ3v) is 3.77. The van der Waals surface area contributed by atoms with Gasteiger partial charge in [-0.3, -0.25) is 4.98 Å². The van der Waals surface area contributed by atoms with Crippen LogP contribution in [0, 0.1) is 5.92 Å². The highest BCUT2D eigenvalue weighted by Crippen LogP contribution is 2.26. The molecule has 1 aromatic heterocycles. The standard InChI is InChI=1S/C10H16N2S/c1-8(10-6-11-7-13-10)12-5-9-3-2-4-9/h6-9,12H,2-5H2,1H3. The Bertz CT molecular complexity index is 241. The third kappa shape index (κ3) is 2.29. The van der Waals surface area contributed by atoms with E-state index in [-0.39, 0.29) is 0 Å². The molecule has 1 fully saturated rings. The molecule has 1 N–H and O–H groups in total. The number of nitrogens with zero attached hydrogens (tertiary/aromatic N) is 1. The van der Waals surface area contributed by atoms with Crippen LogP contribution in [0.2, 0.25) is 0 Å². The molecule has 2 rings (SSSR count). The van der Waals surface area contributed by atoms with Gasteiger partial charge >= 0.3 is 0 Å². The molecule has 1 heterocycles. The maximum atomic E-state index is 4.08. The van der Waals surface area contributed by atoms with Gasteiger partial charge < -0.3 is 5.32 Å². The lowest BCUT2D eigenvalue weighted by Gasteiger charge is -2.27. The van der Waals surface area contributed by atoms with Crippen molar-refractivity contribution in [3.05, 3.63) is 16.6 Å². The number of thiazole rings is 1. The van der Waals surface area contributed by atoms with Gasteiger partial charge in [0.05, 0.1) is 5.51 Å². The Kier molecular flexibility index (Phi) is 2.96. The van der Waals surface area contributed by atoms with Crippen LogP contribution in [0.15, 0.2) is 11.7 Å². The fraction of sp³-hybridized carbons (Fsp3) is 0.700. The highest BCUT2D eigenvalue weighted by molar-refractivity contribution is 7.09. The van der Waals surface area contributed by atoms with Gasteiger partial charge in [0.2, 0.25) is 0 Å². The molecule has 1 atom stereocenters. The molecule has 0 spiro atoms. The molecule has 1 aliphatic rings. The van der Waals surface area contributed by atoms with E-state index in [1.165, 1.54) is 30.7 Å². The van der Waals surface area contributed by atoms with Gasteiger partial charge in [-0.05, 0) is 32.2 Å². The molecule has 0 aromatic carbocycles. The first kappa shape index (κ1) is 9.16. The summed E-state index contributed by atoms with van der Waals surface area (Å²) in [6.45, 7) is 3.39. The van der Waals surface area contributed by atoms with E-state index in [4.69, 9.17) is 0 Å². The van der Waals surface area contributed by atoms with Gasteiger partial charge in [-0.15, -0.1) is 11.3 Å². The largest absolute Gasteiger partial charge is 0.309 e. The predicted molar refractivity (Wildman–Crippen MR) is 55.9 cm³/mol. The van der Waals surface area contributed by atoms with Crippen molar-refractivity contribution in [2.75, 3.05) is 6.54 Å². The normalized spacial score (nSPS) is 19.8. The lowest BCUT2D eigenvalue weighted by Crippen LogP contribution is -2.28. The molecule has 1 unspecified atom stereocenters. The molecule has 0 aliphatic heterocycles. The maximum Gasteiger partial charge on any atom is 0.0794 e. The molecule has 72 valence electrons. The van der Waals surface area contributed by atoms with Gasteiger partial charge in [0.1, 0.15) is 0 Å². The third-order valence-electron chi connectivity index (χ3n) is 2.82. The van der Waals surface area contributed by atoms with Crippen molar-refractivity contribution < 1.29 is 0 Å². The highest BCUT2D eigenvalue weighted by atomic mass is 32.1. The predicted octanol–water partition coefficient (Wildman–Crippen LogP) is 2.59. The molecule has 2 nitrogen and oxygen atoms in total. The summed E-state index contributed by atoms with van der Waals surface area (Å²) < 4.78 is 0. The molecule has 0 bridgehead atoms. The van der Waals surface area contributed by atoms with Gasteiger partial charge in [0.25, 0.3) is 0 Å². The van der Waals surface area contributed by atoms with Crippen LogP contribution in [0.5, 0.6) is 0 Å².